The van der Waals surface area contributed by atoms with Gasteiger partial charge >= 0.3 is 5.63 Å². The minimum Gasteiger partial charge on any atom is -0.506 e. The zero-order valence-corrected chi connectivity index (χ0v) is 11.1. The Bertz CT molecular complexity index is 804. The van der Waals surface area contributed by atoms with Crippen LogP contribution in [0.3, 0.4) is 0 Å². The van der Waals surface area contributed by atoms with Gasteiger partial charge in [-0.1, -0.05) is 0 Å². The summed E-state index contributed by atoms with van der Waals surface area (Å²) in [5.74, 6) is -0.552. The van der Waals surface area contributed by atoms with Crippen molar-refractivity contribution in [3.63, 3.8) is 0 Å². The van der Waals surface area contributed by atoms with Crippen molar-refractivity contribution in [2.24, 2.45) is 0 Å². The highest BCUT2D eigenvalue weighted by molar-refractivity contribution is 8.13. The number of hydrogen-bond acceptors (Lipinski definition) is 5. The molecule has 0 unspecified atom stereocenters. The van der Waals surface area contributed by atoms with Crippen LogP contribution in [0.5, 0.6) is 5.75 Å². The highest BCUT2D eigenvalue weighted by Crippen LogP contribution is 2.32. The molecule has 0 aliphatic heterocycles. The summed E-state index contributed by atoms with van der Waals surface area (Å²) in [4.78, 5) is 11.0. The minimum absolute atomic E-state index is 0.115. The summed E-state index contributed by atoms with van der Waals surface area (Å²) >= 11 is 0. The molecule has 0 atom stereocenters. The number of aryl methyl sites for hydroxylation is 1. The Balaban J connectivity index is 3.00. The lowest BCUT2D eigenvalue weighted by atomic mass is 10.1. The van der Waals surface area contributed by atoms with Gasteiger partial charge in [-0.3, -0.25) is 0 Å². The molecule has 0 saturated heterocycles. The summed E-state index contributed by atoms with van der Waals surface area (Å²) < 4.78 is 27.5. The first-order valence-corrected chi connectivity index (χ1v) is 7.24. The fourth-order valence-corrected chi connectivity index (χ4v) is 2.59. The summed E-state index contributed by atoms with van der Waals surface area (Å²) in [6, 6.07) is 2.26. The summed E-state index contributed by atoms with van der Waals surface area (Å²) in [7, 11) is 1.15. The monoisotopic (exact) mass is 288 g/mol. The molecule has 7 heteroatoms. The lowest BCUT2D eigenvalue weighted by molar-refractivity contribution is 0.457. The molecule has 1 aromatic heterocycles. The molecule has 0 spiro atoms. The third-order valence-electron chi connectivity index (χ3n) is 2.80. The smallest absolute Gasteiger partial charge is 0.339 e. The van der Waals surface area contributed by atoms with E-state index in [1.165, 1.54) is 6.07 Å². The molecule has 0 bridgehead atoms. The maximum Gasteiger partial charge on any atom is 0.339 e. The Morgan fingerprint density at radius 3 is 2.39 bits per heavy atom. The Morgan fingerprint density at radius 1 is 1.22 bits per heavy atom. The lowest BCUT2D eigenvalue weighted by Crippen LogP contribution is -2.06. The van der Waals surface area contributed by atoms with Gasteiger partial charge in [-0.05, 0) is 25.5 Å². The molecule has 0 aliphatic carbocycles. The predicted molar refractivity (Wildman–Crippen MR) is 66.7 cm³/mol. The van der Waals surface area contributed by atoms with E-state index in [9.17, 15) is 18.3 Å². The Hall–Kier alpha value is -1.53. The van der Waals surface area contributed by atoms with Crippen molar-refractivity contribution >= 4 is 30.7 Å². The Kier molecular flexibility index (Phi) is 2.87. The fraction of sp³-hybridized carbons (Fsp3) is 0.182. The first-order chi connectivity index (χ1) is 8.21. The van der Waals surface area contributed by atoms with Crippen LogP contribution in [-0.2, 0) is 9.05 Å². The van der Waals surface area contributed by atoms with Crippen molar-refractivity contribution in [1.29, 1.82) is 0 Å². The third-order valence-corrected chi connectivity index (χ3v) is 4.15. The summed E-state index contributed by atoms with van der Waals surface area (Å²) in [6.07, 6.45) is 0. The normalized spacial score (nSPS) is 11.9. The van der Waals surface area contributed by atoms with E-state index in [0.29, 0.717) is 16.5 Å². The average Bonchev–Trinajstić information content (AvgIpc) is 2.24. The van der Waals surface area contributed by atoms with Crippen molar-refractivity contribution in [1.82, 2.24) is 0 Å². The summed E-state index contributed by atoms with van der Waals surface area (Å²) in [5, 5.41) is 9.99. The van der Waals surface area contributed by atoms with Crippen LogP contribution in [0.4, 0.5) is 0 Å². The minimum atomic E-state index is -4.06. The van der Waals surface area contributed by atoms with Crippen LogP contribution in [0.15, 0.2) is 26.2 Å². The number of rotatable bonds is 1. The van der Waals surface area contributed by atoms with E-state index in [1.807, 2.05) is 0 Å². The topological polar surface area (TPSA) is 84.6 Å². The highest BCUT2D eigenvalue weighted by atomic mass is 35.7. The molecule has 1 aromatic carbocycles. The SMILES string of the molecule is Cc1c(C)c2cc(S(=O)(=O)Cl)c(O)cc2oc1=O. The van der Waals surface area contributed by atoms with Gasteiger partial charge in [0, 0.05) is 27.7 Å². The largest absolute Gasteiger partial charge is 0.506 e. The van der Waals surface area contributed by atoms with Crippen molar-refractivity contribution < 1.29 is 17.9 Å². The fourth-order valence-electron chi connectivity index (χ4n) is 1.65. The van der Waals surface area contributed by atoms with Gasteiger partial charge in [0.25, 0.3) is 9.05 Å². The molecular weight excluding hydrogens is 280 g/mol. The summed E-state index contributed by atoms with van der Waals surface area (Å²) in [5.41, 5.74) is 0.555. The molecule has 1 heterocycles. The van der Waals surface area contributed by atoms with Gasteiger partial charge in [0.15, 0.2) is 0 Å². The number of aromatic hydroxyl groups is 1. The maximum absolute atomic E-state index is 11.5. The number of phenolic OH excluding ortho intramolecular Hbond substituents is 1. The molecule has 5 nitrogen and oxygen atoms in total. The molecule has 1 N–H and O–H groups in total. The zero-order valence-electron chi connectivity index (χ0n) is 9.52. The third kappa shape index (κ3) is 1.97. The van der Waals surface area contributed by atoms with Gasteiger partial charge in [-0.2, -0.15) is 0 Å². The van der Waals surface area contributed by atoms with Crippen molar-refractivity contribution in [2.45, 2.75) is 18.7 Å². The molecule has 0 saturated carbocycles. The van der Waals surface area contributed by atoms with Crippen molar-refractivity contribution in [2.75, 3.05) is 0 Å². The van der Waals surface area contributed by atoms with Gasteiger partial charge < -0.3 is 9.52 Å². The first kappa shape index (κ1) is 12.9. The quantitative estimate of drug-likeness (QED) is 0.641. The van der Waals surface area contributed by atoms with E-state index in [2.05, 4.69) is 0 Å². The zero-order chi connectivity index (χ0) is 13.7. The lowest BCUT2D eigenvalue weighted by Gasteiger charge is -2.07. The number of phenols is 1. The van der Waals surface area contributed by atoms with E-state index in [0.717, 1.165) is 6.07 Å². The van der Waals surface area contributed by atoms with Crippen LogP contribution >= 0.6 is 10.7 Å². The molecule has 2 rings (SSSR count). The van der Waals surface area contributed by atoms with E-state index >= 15 is 0 Å². The van der Waals surface area contributed by atoms with Crippen LogP contribution in [0, 0.1) is 13.8 Å². The second kappa shape index (κ2) is 4.00. The molecule has 18 heavy (non-hydrogen) atoms. The molecule has 0 aliphatic rings. The van der Waals surface area contributed by atoms with Crippen molar-refractivity contribution in [3.8, 4) is 5.75 Å². The number of hydrogen-bond donors (Lipinski definition) is 1. The van der Waals surface area contributed by atoms with Crippen LogP contribution in [-0.4, -0.2) is 13.5 Å². The molecular formula is C11H9ClO5S. The van der Waals surface area contributed by atoms with Gasteiger partial charge in [-0.25, -0.2) is 13.2 Å². The predicted octanol–water partition coefficient (Wildman–Crippen LogP) is 2.04. The van der Waals surface area contributed by atoms with Gasteiger partial charge in [0.05, 0.1) is 0 Å². The van der Waals surface area contributed by atoms with Gasteiger partial charge in [0.1, 0.15) is 16.2 Å². The van der Waals surface area contributed by atoms with Crippen LogP contribution in [0.2, 0.25) is 0 Å². The molecule has 0 radical (unpaired) electrons. The van der Waals surface area contributed by atoms with Crippen LogP contribution in [0.1, 0.15) is 11.1 Å². The van der Waals surface area contributed by atoms with E-state index in [4.69, 9.17) is 15.1 Å². The second-order valence-electron chi connectivity index (χ2n) is 3.89. The second-order valence-corrected chi connectivity index (χ2v) is 6.43. The Morgan fingerprint density at radius 2 is 1.83 bits per heavy atom. The highest BCUT2D eigenvalue weighted by Gasteiger charge is 2.19. The molecule has 0 fully saturated rings. The summed E-state index contributed by atoms with van der Waals surface area (Å²) in [6.45, 7) is 3.23. The number of benzene rings is 1. The van der Waals surface area contributed by atoms with E-state index in [-0.39, 0.29) is 5.58 Å². The maximum atomic E-state index is 11.5. The molecule has 2 aromatic rings. The van der Waals surface area contributed by atoms with Gasteiger partial charge in [-0.15, -0.1) is 0 Å². The van der Waals surface area contributed by atoms with E-state index < -0.39 is 25.3 Å². The molecule has 0 amide bonds. The van der Waals surface area contributed by atoms with E-state index in [1.54, 1.807) is 13.8 Å². The average molecular weight is 289 g/mol. The Labute approximate surface area is 107 Å². The van der Waals surface area contributed by atoms with Crippen LogP contribution in [0.25, 0.3) is 11.0 Å². The number of halogens is 1. The van der Waals surface area contributed by atoms with Crippen molar-refractivity contribution in [3.05, 3.63) is 33.7 Å². The van der Waals surface area contributed by atoms with Gasteiger partial charge in [0.2, 0.25) is 0 Å². The first-order valence-electron chi connectivity index (χ1n) is 4.93. The standard InChI is InChI=1S/C11H9ClO5S/c1-5-6(2)11(14)17-9-4-8(13)10(3-7(5)9)18(12,15)16/h3-4,13H,1-2H3. The molecule has 96 valence electrons. The number of fused-ring (bicyclic) bond motifs is 1. The van der Waals surface area contributed by atoms with Crippen LogP contribution < -0.4 is 5.63 Å².